The number of aliphatic hydroxyl groups is 2. The summed E-state index contributed by atoms with van der Waals surface area (Å²) in [7, 11) is 1.93. The Labute approximate surface area is 87.8 Å². The number of hydrogen-bond donors (Lipinski definition) is 2. The lowest BCUT2D eigenvalue weighted by atomic mass is 10.1. The standard InChI is InChI=1S/C11H14N2O2/c1-7-12-10-3-8(5-14)9(6-15)4-11(10)13(7)2/h3-4,14-15H,5-6H2,1-2H3. The molecular formula is C11H14N2O2. The molecule has 0 aliphatic carbocycles. The molecule has 0 unspecified atom stereocenters. The van der Waals surface area contributed by atoms with Gasteiger partial charge in [-0.05, 0) is 30.2 Å². The van der Waals surface area contributed by atoms with E-state index < -0.39 is 0 Å². The molecule has 0 fully saturated rings. The van der Waals surface area contributed by atoms with Crippen molar-refractivity contribution in [1.29, 1.82) is 0 Å². The van der Waals surface area contributed by atoms with Crippen molar-refractivity contribution in [3.8, 4) is 0 Å². The van der Waals surface area contributed by atoms with Gasteiger partial charge in [-0.25, -0.2) is 4.98 Å². The largest absolute Gasteiger partial charge is 0.392 e. The van der Waals surface area contributed by atoms with Crippen LogP contribution in [0.25, 0.3) is 11.0 Å². The lowest BCUT2D eigenvalue weighted by Gasteiger charge is -2.05. The van der Waals surface area contributed by atoms with Crippen molar-refractivity contribution in [3.05, 3.63) is 29.1 Å². The highest BCUT2D eigenvalue weighted by Crippen LogP contribution is 2.20. The number of fused-ring (bicyclic) bond motifs is 1. The molecule has 0 radical (unpaired) electrons. The number of aromatic nitrogens is 2. The molecule has 2 aromatic rings. The van der Waals surface area contributed by atoms with Crippen LogP contribution < -0.4 is 0 Å². The Morgan fingerprint density at radius 1 is 1.20 bits per heavy atom. The first kappa shape index (κ1) is 10.1. The molecule has 0 aliphatic rings. The molecule has 4 nitrogen and oxygen atoms in total. The second-order valence-corrected chi connectivity index (χ2v) is 3.64. The molecule has 2 rings (SSSR count). The third-order valence-corrected chi connectivity index (χ3v) is 2.77. The molecular weight excluding hydrogens is 192 g/mol. The molecule has 2 N–H and O–H groups in total. The van der Waals surface area contributed by atoms with Crippen LogP contribution in [0, 0.1) is 6.92 Å². The number of nitrogens with zero attached hydrogens (tertiary/aromatic N) is 2. The Kier molecular flexibility index (Phi) is 2.46. The summed E-state index contributed by atoms with van der Waals surface area (Å²) in [6.07, 6.45) is 0. The van der Waals surface area contributed by atoms with E-state index in [1.54, 1.807) is 0 Å². The van der Waals surface area contributed by atoms with Crippen LogP contribution >= 0.6 is 0 Å². The summed E-state index contributed by atoms with van der Waals surface area (Å²) in [4.78, 5) is 4.37. The maximum atomic E-state index is 9.17. The van der Waals surface area contributed by atoms with Crippen LogP contribution in [0.2, 0.25) is 0 Å². The minimum absolute atomic E-state index is 0.0595. The number of rotatable bonds is 2. The van der Waals surface area contributed by atoms with E-state index in [4.69, 9.17) is 10.2 Å². The van der Waals surface area contributed by atoms with Crippen LogP contribution in [0.5, 0.6) is 0 Å². The average Bonchev–Trinajstić information content (AvgIpc) is 2.53. The molecule has 1 heterocycles. The first-order valence-electron chi connectivity index (χ1n) is 4.84. The highest BCUT2D eigenvalue weighted by atomic mass is 16.3. The van der Waals surface area contributed by atoms with Gasteiger partial charge in [0.1, 0.15) is 5.82 Å². The molecule has 0 spiro atoms. The first-order chi connectivity index (χ1) is 7.17. The van der Waals surface area contributed by atoms with Gasteiger partial charge in [-0.1, -0.05) is 0 Å². The topological polar surface area (TPSA) is 58.3 Å². The lowest BCUT2D eigenvalue weighted by Crippen LogP contribution is -1.96. The minimum Gasteiger partial charge on any atom is -0.392 e. The summed E-state index contributed by atoms with van der Waals surface area (Å²) in [5.74, 6) is 0.920. The normalized spacial score (nSPS) is 11.2. The van der Waals surface area contributed by atoms with Gasteiger partial charge >= 0.3 is 0 Å². The van der Waals surface area contributed by atoms with E-state index in [1.165, 1.54) is 0 Å². The quantitative estimate of drug-likeness (QED) is 0.766. The van der Waals surface area contributed by atoms with Gasteiger partial charge in [0.05, 0.1) is 24.2 Å². The van der Waals surface area contributed by atoms with Gasteiger partial charge in [-0.15, -0.1) is 0 Å². The maximum Gasteiger partial charge on any atom is 0.106 e. The highest BCUT2D eigenvalue weighted by molar-refractivity contribution is 5.78. The van der Waals surface area contributed by atoms with E-state index in [1.807, 2.05) is 30.7 Å². The monoisotopic (exact) mass is 206 g/mol. The SMILES string of the molecule is Cc1nc2cc(CO)c(CO)cc2n1C. The predicted molar refractivity (Wildman–Crippen MR) is 57.3 cm³/mol. The van der Waals surface area contributed by atoms with Gasteiger partial charge in [0.25, 0.3) is 0 Å². The second-order valence-electron chi connectivity index (χ2n) is 3.64. The number of benzene rings is 1. The third kappa shape index (κ3) is 1.52. The van der Waals surface area contributed by atoms with Gasteiger partial charge in [-0.3, -0.25) is 0 Å². The zero-order chi connectivity index (χ0) is 11.0. The Hall–Kier alpha value is -1.39. The molecule has 0 aliphatic heterocycles. The van der Waals surface area contributed by atoms with E-state index in [2.05, 4.69) is 4.98 Å². The van der Waals surface area contributed by atoms with E-state index in [0.717, 1.165) is 28.0 Å². The molecule has 4 heteroatoms. The van der Waals surface area contributed by atoms with Crippen LogP contribution in [-0.4, -0.2) is 19.8 Å². The predicted octanol–water partition coefficient (Wildman–Crippen LogP) is 0.866. The second kappa shape index (κ2) is 3.64. The summed E-state index contributed by atoms with van der Waals surface area (Å²) >= 11 is 0. The first-order valence-corrected chi connectivity index (χ1v) is 4.84. The molecule has 1 aromatic carbocycles. The fourth-order valence-electron chi connectivity index (χ4n) is 1.74. The van der Waals surface area contributed by atoms with Crippen LogP contribution in [0.15, 0.2) is 12.1 Å². The van der Waals surface area contributed by atoms with Crippen LogP contribution in [-0.2, 0) is 20.3 Å². The fourth-order valence-corrected chi connectivity index (χ4v) is 1.74. The number of aryl methyl sites for hydroxylation is 2. The molecule has 80 valence electrons. The Morgan fingerprint density at radius 3 is 2.40 bits per heavy atom. The molecule has 0 saturated heterocycles. The Bertz CT molecular complexity index is 503. The Morgan fingerprint density at radius 2 is 1.80 bits per heavy atom. The summed E-state index contributed by atoms with van der Waals surface area (Å²) < 4.78 is 1.97. The summed E-state index contributed by atoms with van der Waals surface area (Å²) in [5, 5.41) is 18.3. The smallest absolute Gasteiger partial charge is 0.106 e. The van der Waals surface area contributed by atoms with Gasteiger partial charge in [0, 0.05) is 7.05 Å². The molecule has 0 saturated carbocycles. The number of imidazole rings is 1. The van der Waals surface area contributed by atoms with E-state index >= 15 is 0 Å². The summed E-state index contributed by atoms with van der Waals surface area (Å²) in [6, 6.07) is 3.70. The average molecular weight is 206 g/mol. The zero-order valence-corrected chi connectivity index (χ0v) is 8.86. The Balaban J connectivity index is 2.75. The van der Waals surface area contributed by atoms with Crippen molar-refractivity contribution >= 4 is 11.0 Å². The summed E-state index contributed by atoms with van der Waals surface area (Å²) in [5.41, 5.74) is 3.33. The summed E-state index contributed by atoms with van der Waals surface area (Å²) in [6.45, 7) is 1.80. The molecule has 0 bridgehead atoms. The molecule has 0 atom stereocenters. The van der Waals surface area contributed by atoms with Crippen molar-refractivity contribution in [3.63, 3.8) is 0 Å². The van der Waals surface area contributed by atoms with Crippen LogP contribution in [0.1, 0.15) is 17.0 Å². The van der Waals surface area contributed by atoms with Crippen molar-refractivity contribution in [2.75, 3.05) is 0 Å². The zero-order valence-electron chi connectivity index (χ0n) is 8.86. The molecule has 0 amide bonds. The minimum atomic E-state index is -0.0680. The number of aliphatic hydroxyl groups excluding tert-OH is 2. The van der Waals surface area contributed by atoms with E-state index in [0.29, 0.717) is 0 Å². The number of hydrogen-bond acceptors (Lipinski definition) is 3. The van der Waals surface area contributed by atoms with Crippen molar-refractivity contribution in [2.45, 2.75) is 20.1 Å². The lowest BCUT2D eigenvalue weighted by molar-refractivity contribution is 0.260. The maximum absolute atomic E-state index is 9.17. The van der Waals surface area contributed by atoms with Gasteiger partial charge in [0.2, 0.25) is 0 Å². The molecule has 15 heavy (non-hydrogen) atoms. The highest BCUT2D eigenvalue weighted by Gasteiger charge is 2.08. The van der Waals surface area contributed by atoms with Crippen molar-refractivity contribution in [1.82, 2.24) is 9.55 Å². The van der Waals surface area contributed by atoms with Crippen molar-refractivity contribution in [2.24, 2.45) is 7.05 Å². The van der Waals surface area contributed by atoms with Gasteiger partial charge in [-0.2, -0.15) is 0 Å². The van der Waals surface area contributed by atoms with Crippen LogP contribution in [0.4, 0.5) is 0 Å². The van der Waals surface area contributed by atoms with Gasteiger partial charge < -0.3 is 14.8 Å². The van der Waals surface area contributed by atoms with E-state index in [9.17, 15) is 0 Å². The van der Waals surface area contributed by atoms with Gasteiger partial charge in [0.15, 0.2) is 0 Å². The van der Waals surface area contributed by atoms with E-state index in [-0.39, 0.29) is 13.2 Å². The molecule has 1 aromatic heterocycles. The third-order valence-electron chi connectivity index (χ3n) is 2.77. The van der Waals surface area contributed by atoms with Crippen LogP contribution in [0.3, 0.4) is 0 Å². The fraction of sp³-hybridized carbons (Fsp3) is 0.364. The van der Waals surface area contributed by atoms with Crippen molar-refractivity contribution < 1.29 is 10.2 Å².